The molecular weight excluding hydrogens is 258 g/mol. The summed E-state index contributed by atoms with van der Waals surface area (Å²) in [6.45, 7) is -0.0855. The summed E-state index contributed by atoms with van der Waals surface area (Å²) in [6.07, 6.45) is 0. The molecule has 0 unspecified atom stereocenters. The van der Waals surface area contributed by atoms with Crippen molar-refractivity contribution in [2.24, 2.45) is 0 Å². The first-order valence-electron chi connectivity index (χ1n) is 4.96. The number of hydrogen-bond donors (Lipinski definition) is 1. The topological polar surface area (TPSA) is 74.6 Å². The molecule has 1 aromatic rings. The van der Waals surface area contributed by atoms with Crippen LogP contribution < -0.4 is 10.1 Å². The molecule has 0 aliphatic heterocycles. The van der Waals surface area contributed by atoms with Crippen molar-refractivity contribution < 1.29 is 14.4 Å². The zero-order valence-corrected chi connectivity index (χ0v) is 10.7. The normalized spacial score (nSPS) is 9.44. The van der Waals surface area contributed by atoms with E-state index in [1.54, 1.807) is 12.1 Å². The number of rotatable bonds is 4. The number of nitrogens with one attached hydrogen (secondary N) is 1. The summed E-state index contributed by atoms with van der Waals surface area (Å²) in [7, 11) is 2.85. The highest BCUT2D eigenvalue weighted by atomic mass is 35.5. The Kier molecular flexibility index (Phi) is 5.24. The third kappa shape index (κ3) is 3.80. The van der Waals surface area contributed by atoms with Crippen LogP contribution in [0.5, 0.6) is 5.75 Å². The first kappa shape index (κ1) is 14.1. The van der Waals surface area contributed by atoms with Gasteiger partial charge in [-0.15, -0.1) is 0 Å². The molecule has 1 aromatic carbocycles. The first-order valence-corrected chi connectivity index (χ1v) is 5.34. The standard InChI is InChI=1S/C11H12ClN3O3/c1-15(17-2)11(16)14-8-3-4-10(9(12)7-8)18-6-5-13/h3-4,7H,6H2,1-2H3,(H,14,16). The molecule has 0 heterocycles. The lowest BCUT2D eigenvalue weighted by molar-refractivity contribution is -0.0598. The maximum Gasteiger partial charge on any atom is 0.345 e. The van der Waals surface area contributed by atoms with Gasteiger partial charge in [-0.05, 0) is 18.2 Å². The van der Waals surface area contributed by atoms with Crippen molar-refractivity contribution >= 4 is 23.3 Å². The fourth-order valence-corrected chi connectivity index (χ4v) is 1.33. The Morgan fingerprint density at radius 3 is 2.89 bits per heavy atom. The van der Waals surface area contributed by atoms with Gasteiger partial charge >= 0.3 is 6.03 Å². The minimum atomic E-state index is -0.431. The molecule has 6 nitrogen and oxygen atoms in total. The predicted molar refractivity (Wildman–Crippen MR) is 66.4 cm³/mol. The summed E-state index contributed by atoms with van der Waals surface area (Å²) in [5, 5.41) is 12.3. The van der Waals surface area contributed by atoms with Crippen molar-refractivity contribution in [1.29, 1.82) is 5.26 Å². The van der Waals surface area contributed by atoms with Crippen LogP contribution in [0.4, 0.5) is 10.5 Å². The number of benzene rings is 1. The second kappa shape index (κ2) is 6.69. The number of hydroxylamine groups is 2. The third-order valence-electron chi connectivity index (χ3n) is 2.04. The molecule has 0 spiro atoms. The van der Waals surface area contributed by atoms with Gasteiger partial charge in [0.15, 0.2) is 6.61 Å². The fraction of sp³-hybridized carbons (Fsp3) is 0.273. The molecule has 0 saturated carbocycles. The number of nitriles is 1. The fourth-order valence-electron chi connectivity index (χ4n) is 1.09. The second-order valence-corrected chi connectivity index (χ2v) is 3.61. The minimum Gasteiger partial charge on any atom is -0.477 e. The molecule has 0 saturated heterocycles. The van der Waals surface area contributed by atoms with E-state index in [4.69, 9.17) is 26.4 Å². The molecule has 0 atom stereocenters. The predicted octanol–water partition coefficient (Wildman–Crippen LogP) is 2.27. The molecule has 0 bridgehead atoms. The lowest BCUT2D eigenvalue weighted by Crippen LogP contribution is -2.30. The van der Waals surface area contributed by atoms with Gasteiger partial charge in [-0.25, -0.2) is 9.86 Å². The Bertz CT molecular complexity index is 473. The summed E-state index contributed by atoms with van der Waals surface area (Å²) in [5.41, 5.74) is 0.498. The van der Waals surface area contributed by atoms with Gasteiger partial charge in [0.1, 0.15) is 11.8 Å². The van der Waals surface area contributed by atoms with Crippen LogP contribution in [0.2, 0.25) is 5.02 Å². The summed E-state index contributed by atoms with van der Waals surface area (Å²) in [6, 6.07) is 6.11. The molecule has 1 N–H and O–H groups in total. The van der Waals surface area contributed by atoms with E-state index in [1.165, 1.54) is 20.2 Å². The number of anilines is 1. The van der Waals surface area contributed by atoms with Crippen LogP contribution in [-0.4, -0.2) is 31.9 Å². The molecule has 1 rings (SSSR count). The summed E-state index contributed by atoms with van der Waals surface area (Å²) in [5.74, 6) is 0.385. The third-order valence-corrected chi connectivity index (χ3v) is 2.33. The molecule has 0 aliphatic carbocycles. The highest BCUT2D eigenvalue weighted by Gasteiger charge is 2.09. The summed E-state index contributed by atoms with van der Waals surface area (Å²) >= 11 is 5.93. The van der Waals surface area contributed by atoms with E-state index in [0.717, 1.165) is 5.06 Å². The number of carbonyl (C=O) groups is 1. The number of halogens is 1. The maximum atomic E-state index is 11.5. The number of carbonyl (C=O) groups excluding carboxylic acids is 1. The smallest absolute Gasteiger partial charge is 0.345 e. The van der Waals surface area contributed by atoms with Crippen LogP contribution in [0.25, 0.3) is 0 Å². The largest absolute Gasteiger partial charge is 0.477 e. The molecule has 2 amide bonds. The Hall–Kier alpha value is -1.97. The molecule has 0 radical (unpaired) electrons. The Labute approximate surface area is 110 Å². The van der Waals surface area contributed by atoms with E-state index < -0.39 is 6.03 Å². The van der Waals surface area contributed by atoms with Gasteiger partial charge in [-0.3, -0.25) is 4.84 Å². The van der Waals surface area contributed by atoms with E-state index in [2.05, 4.69) is 5.32 Å². The molecular formula is C11H12ClN3O3. The van der Waals surface area contributed by atoms with Crippen LogP contribution in [-0.2, 0) is 4.84 Å². The Morgan fingerprint density at radius 1 is 1.61 bits per heavy atom. The Balaban J connectivity index is 2.73. The van der Waals surface area contributed by atoms with Crippen molar-refractivity contribution in [1.82, 2.24) is 5.06 Å². The van der Waals surface area contributed by atoms with Crippen molar-refractivity contribution in [2.75, 3.05) is 26.1 Å². The number of ether oxygens (including phenoxy) is 1. The number of nitrogens with zero attached hydrogens (tertiary/aromatic N) is 2. The van der Waals surface area contributed by atoms with Crippen LogP contribution >= 0.6 is 11.6 Å². The van der Waals surface area contributed by atoms with Gasteiger partial charge in [0, 0.05) is 12.7 Å². The van der Waals surface area contributed by atoms with Crippen LogP contribution in [0.1, 0.15) is 0 Å². The molecule has 0 aliphatic rings. The van der Waals surface area contributed by atoms with E-state index in [1.807, 2.05) is 6.07 Å². The van der Waals surface area contributed by atoms with Crippen molar-refractivity contribution in [3.63, 3.8) is 0 Å². The van der Waals surface area contributed by atoms with E-state index >= 15 is 0 Å². The quantitative estimate of drug-likeness (QED) is 0.851. The monoisotopic (exact) mass is 269 g/mol. The number of amides is 2. The maximum absolute atomic E-state index is 11.5. The first-order chi connectivity index (χ1) is 8.58. The molecule has 18 heavy (non-hydrogen) atoms. The molecule has 0 fully saturated rings. The second-order valence-electron chi connectivity index (χ2n) is 3.20. The number of hydrogen-bond acceptors (Lipinski definition) is 4. The van der Waals surface area contributed by atoms with Crippen molar-refractivity contribution in [3.05, 3.63) is 23.2 Å². The van der Waals surface area contributed by atoms with Gasteiger partial charge < -0.3 is 10.1 Å². The van der Waals surface area contributed by atoms with Gasteiger partial charge in [-0.2, -0.15) is 5.26 Å². The van der Waals surface area contributed by atoms with E-state index in [9.17, 15) is 4.79 Å². The van der Waals surface area contributed by atoms with Crippen LogP contribution in [0.15, 0.2) is 18.2 Å². The van der Waals surface area contributed by atoms with Crippen LogP contribution in [0, 0.1) is 11.3 Å². The van der Waals surface area contributed by atoms with Gasteiger partial charge in [0.05, 0.1) is 12.1 Å². The average Bonchev–Trinajstić information content (AvgIpc) is 2.36. The molecule has 0 aromatic heterocycles. The zero-order chi connectivity index (χ0) is 13.5. The van der Waals surface area contributed by atoms with E-state index in [-0.39, 0.29) is 6.61 Å². The van der Waals surface area contributed by atoms with Crippen molar-refractivity contribution in [3.8, 4) is 11.8 Å². The van der Waals surface area contributed by atoms with Gasteiger partial charge in [0.2, 0.25) is 0 Å². The highest BCUT2D eigenvalue weighted by Crippen LogP contribution is 2.27. The SMILES string of the molecule is CON(C)C(=O)Nc1ccc(OCC#N)c(Cl)c1. The lowest BCUT2D eigenvalue weighted by Gasteiger charge is -2.15. The van der Waals surface area contributed by atoms with Crippen molar-refractivity contribution in [2.45, 2.75) is 0 Å². The summed E-state index contributed by atoms with van der Waals surface area (Å²) in [4.78, 5) is 16.2. The van der Waals surface area contributed by atoms with Crippen LogP contribution in [0.3, 0.4) is 0 Å². The highest BCUT2D eigenvalue weighted by molar-refractivity contribution is 6.32. The molecule has 7 heteroatoms. The zero-order valence-electron chi connectivity index (χ0n) is 9.94. The Morgan fingerprint density at radius 2 is 2.33 bits per heavy atom. The number of urea groups is 1. The average molecular weight is 270 g/mol. The molecule has 96 valence electrons. The van der Waals surface area contributed by atoms with E-state index in [0.29, 0.717) is 16.5 Å². The lowest BCUT2D eigenvalue weighted by atomic mass is 10.3. The minimum absolute atomic E-state index is 0.0855. The summed E-state index contributed by atoms with van der Waals surface area (Å²) < 4.78 is 5.07. The van der Waals surface area contributed by atoms with Gasteiger partial charge in [0.25, 0.3) is 0 Å². The van der Waals surface area contributed by atoms with Gasteiger partial charge in [-0.1, -0.05) is 11.6 Å².